The minimum atomic E-state index is -0.653. The Balaban J connectivity index is 1.50. The largest absolute Gasteiger partial charge is 0.320 e. The number of allylic oxidation sites excluding steroid dienone is 1. The number of carbonyl (C=O) groups excluding carboxylic acids is 2. The number of thiol groups is 2. The molecule has 40 heavy (non-hydrogen) atoms. The average Bonchev–Trinajstić information content (AvgIpc) is 3.31. The fourth-order valence-corrected chi connectivity index (χ4v) is 6.77. The van der Waals surface area contributed by atoms with Gasteiger partial charge in [0, 0.05) is 28.6 Å². The van der Waals surface area contributed by atoms with E-state index in [0.29, 0.717) is 24.3 Å². The zero-order chi connectivity index (χ0) is 28.1. The number of fused-ring (bicyclic) bond motifs is 1. The number of alkyl halides is 1. The van der Waals surface area contributed by atoms with Gasteiger partial charge in [0.2, 0.25) is 6.29 Å². The second-order valence-electron chi connectivity index (χ2n) is 10.8. The molecule has 1 saturated heterocycles. The van der Waals surface area contributed by atoms with E-state index in [1.165, 1.54) is 16.7 Å². The van der Waals surface area contributed by atoms with Crippen LogP contribution in [-0.2, 0) is 22.4 Å². The number of likely N-dealkylation sites (tertiary alicyclic amines) is 1. The first-order chi connectivity index (χ1) is 19.4. The van der Waals surface area contributed by atoms with Gasteiger partial charge < -0.3 is 10.2 Å². The standard InChI is InChI=1S/C33H35FN2O2S2/c34-14-2-15-36-16-13-23(20-36)17-22-5-7-24(8-6-22)33-28-11-9-26(35-32(38)21-37)18-25(28)3-1-4-30(33)29-12-10-27(39)19-31(29)40/h5-12,18-19,21,23,39-40H,1-4,13-17,20H2,(H,35,38). The molecule has 1 N–H and O–H groups in total. The summed E-state index contributed by atoms with van der Waals surface area (Å²) < 4.78 is 12.6. The van der Waals surface area contributed by atoms with Crippen LogP contribution in [0.15, 0.2) is 70.5 Å². The maximum absolute atomic E-state index is 12.6. The average molecular weight is 575 g/mol. The molecule has 0 aromatic heterocycles. The molecule has 0 saturated carbocycles. The van der Waals surface area contributed by atoms with Gasteiger partial charge in [-0.3, -0.25) is 14.0 Å². The summed E-state index contributed by atoms with van der Waals surface area (Å²) in [6, 6.07) is 20.9. The van der Waals surface area contributed by atoms with Crippen molar-refractivity contribution in [3.05, 3.63) is 88.5 Å². The predicted octanol–water partition coefficient (Wildman–Crippen LogP) is 6.92. The molecule has 0 radical (unpaired) electrons. The molecule has 1 aliphatic heterocycles. The van der Waals surface area contributed by atoms with Crippen LogP contribution in [-0.4, -0.2) is 43.4 Å². The van der Waals surface area contributed by atoms with Crippen molar-refractivity contribution < 1.29 is 14.0 Å². The summed E-state index contributed by atoms with van der Waals surface area (Å²) in [7, 11) is 0. The van der Waals surface area contributed by atoms with Gasteiger partial charge in [-0.15, -0.1) is 25.3 Å². The molecule has 1 unspecified atom stereocenters. The van der Waals surface area contributed by atoms with Crippen LogP contribution < -0.4 is 5.32 Å². The zero-order valence-electron chi connectivity index (χ0n) is 22.5. The van der Waals surface area contributed by atoms with Gasteiger partial charge in [0.15, 0.2) is 0 Å². The van der Waals surface area contributed by atoms with Crippen LogP contribution in [0.5, 0.6) is 0 Å². The van der Waals surface area contributed by atoms with Gasteiger partial charge in [-0.1, -0.05) is 36.4 Å². The van der Waals surface area contributed by atoms with Crippen LogP contribution >= 0.6 is 25.3 Å². The first kappa shape index (κ1) is 28.7. The van der Waals surface area contributed by atoms with E-state index in [0.717, 1.165) is 83.8 Å². The summed E-state index contributed by atoms with van der Waals surface area (Å²) in [6.07, 6.45) is 5.80. The Hall–Kier alpha value is -2.87. The van der Waals surface area contributed by atoms with Crippen molar-refractivity contribution >= 4 is 54.3 Å². The van der Waals surface area contributed by atoms with E-state index >= 15 is 0 Å². The molecule has 3 aromatic carbocycles. The Kier molecular flexibility index (Phi) is 9.45. The fourth-order valence-electron chi connectivity index (χ4n) is 6.12. The number of nitrogens with one attached hydrogen (secondary N) is 1. The summed E-state index contributed by atoms with van der Waals surface area (Å²) in [5, 5.41) is 2.67. The SMILES string of the molecule is O=CC(=O)Nc1ccc2c(c1)CCCC(c1ccc(S)cc1S)=C2c1ccc(CC2CCN(CCCF)C2)cc1. The number of benzene rings is 3. The van der Waals surface area contributed by atoms with Crippen LogP contribution in [0, 0.1) is 5.92 Å². The molecular formula is C33H35FN2O2S2. The number of anilines is 1. The topological polar surface area (TPSA) is 49.4 Å². The zero-order valence-corrected chi connectivity index (χ0v) is 24.3. The molecule has 3 aromatic rings. The third kappa shape index (κ3) is 6.70. The third-order valence-electron chi connectivity index (χ3n) is 7.98. The molecule has 5 rings (SSSR count). The molecule has 2 aliphatic rings. The number of rotatable bonds is 9. The van der Waals surface area contributed by atoms with Crippen molar-refractivity contribution in [3.63, 3.8) is 0 Å². The van der Waals surface area contributed by atoms with Crippen LogP contribution in [0.25, 0.3) is 11.1 Å². The van der Waals surface area contributed by atoms with Gasteiger partial charge in [0.25, 0.3) is 5.91 Å². The van der Waals surface area contributed by atoms with Crippen molar-refractivity contribution in [3.8, 4) is 0 Å². The summed E-state index contributed by atoms with van der Waals surface area (Å²) in [5.41, 5.74) is 8.88. The highest BCUT2D eigenvalue weighted by molar-refractivity contribution is 7.81. The van der Waals surface area contributed by atoms with E-state index in [1.54, 1.807) is 0 Å². The van der Waals surface area contributed by atoms with E-state index in [9.17, 15) is 14.0 Å². The number of hydrogen-bond donors (Lipinski definition) is 3. The van der Waals surface area contributed by atoms with E-state index < -0.39 is 5.91 Å². The Morgan fingerprint density at radius 1 is 1.02 bits per heavy atom. The van der Waals surface area contributed by atoms with Crippen LogP contribution in [0.3, 0.4) is 0 Å². The molecule has 0 spiro atoms. The lowest BCUT2D eigenvalue weighted by molar-refractivity contribution is -0.127. The summed E-state index contributed by atoms with van der Waals surface area (Å²) in [6.45, 7) is 2.71. The Morgan fingerprint density at radius 2 is 1.82 bits per heavy atom. The fraction of sp³-hybridized carbons (Fsp3) is 0.333. The van der Waals surface area contributed by atoms with E-state index in [4.69, 9.17) is 12.6 Å². The molecule has 0 bridgehead atoms. The van der Waals surface area contributed by atoms with Gasteiger partial charge in [0.05, 0.1) is 6.67 Å². The molecule has 1 heterocycles. The van der Waals surface area contributed by atoms with Crippen molar-refractivity contribution in [2.24, 2.45) is 5.92 Å². The van der Waals surface area contributed by atoms with E-state index in [-0.39, 0.29) is 6.67 Å². The smallest absolute Gasteiger partial charge is 0.288 e. The summed E-state index contributed by atoms with van der Waals surface area (Å²) >= 11 is 9.33. The number of hydrogen-bond acceptors (Lipinski definition) is 5. The van der Waals surface area contributed by atoms with Crippen molar-refractivity contribution in [2.45, 2.75) is 48.3 Å². The van der Waals surface area contributed by atoms with Gasteiger partial charge in [-0.25, -0.2) is 0 Å². The van der Waals surface area contributed by atoms with Crippen molar-refractivity contribution in [1.29, 1.82) is 0 Å². The number of amides is 1. The molecule has 1 atom stereocenters. The molecule has 1 fully saturated rings. The molecule has 1 aliphatic carbocycles. The number of carbonyl (C=O) groups is 2. The molecule has 4 nitrogen and oxygen atoms in total. The van der Waals surface area contributed by atoms with Gasteiger partial charge in [-0.05, 0) is 114 Å². The second kappa shape index (κ2) is 13.2. The predicted molar refractivity (Wildman–Crippen MR) is 166 cm³/mol. The monoisotopic (exact) mass is 574 g/mol. The Morgan fingerprint density at radius 3 is 2.58 bits per heavy atom. The van der Waals surface area contributed by atoms with E-state index in [1.807, 2.05) is 24.3 Å². The maximum atomic E-state index is 12.6. The number of nitrogens with zero attached hydrogens (tertiary/aromatic N) is 1. The summed E-state index contributed by atoms with van der Waals surface area (Å²) in [5.74, 6) is -0.0506. The Bertz CT molecular complexity index is 1420. The quantitative estimate of drug-likeness (QED) is 0.148. The highest BCUT2D eigenvalue weighted by atomic mass is 32.1. The number of aryl methyl sites for hydroxylation is 1. The van der Waals surface area contributed by atoms with Gasteiger partial charge in [-0.2, -0.15) is 0 Å². The third-order valence-corrected chi connectivity index (χ3v) is 8.62. The number of halogens is 1. The highest BCUT2D eigenvalue weighted by Crippen LogP contribution is 2.42. The minimum Gasteiger partial charge on any atom is -0.320 e. The first-order valence-corrected chi connectivity index (χ1v) is 14.9. The van der Waals surface area contributed by atoms with Crippen LogP contribution in [0.2, 0.25) is 0 Å². The maximum Gasteiger partial charge on any atom is 0.288 e. The van der Waals surface area contributed by atoms with Crippen molar-refractivity contribution in [1.82, 2.24) is 4.90 Å². The molecule has 7 heteroatoms. The Labute approximate surface area is 246 Å². The van der Waals surface area contributed by atoms with Crippen molar-refractivity contribution in [2.75, 3.05) is 31.6 Å². The molecular weight excluding hydrogens is 540 g/mol. The normalized spacial score (nSPS) is 17.4. The van der Waals surface area contributed by atoms with Crippen LogP contribution in [0.1, 0.15) is 53.5 Å². The molecule has 1 amide bonds. The lowest BCUT2D eigenvalue weighted by Gasteiger charge is -2.19. The lowest BCUT2D eigenvalue weighted by Crippen LogP contribution is -2.22. The lowest BCUT2D eigenvalue weighted by atomic mass is 9.87. The summed E-state index contributed by atoms with van der Waals surface area (Å²) in [4.78, 5) is 26.8. The first-order valence-electron chi connectivity index (χ1n) is 14.0. The van der Waals surface area contributed by atoms with E-state index in [2.05, 4.69) is 59.2 Å². The van der Waals surface area contributed by atoms with Crippen LogP contribution in [0.4, 0.5) is 10.1 Å². The van der Waals surface area contributed by atoms with Gasteiger partial charge in [0.1, 0.15) is 0 Å². The number of aldehydes is 1. The second-order valence-corrected chi connectivity index (χ2v) is 11.8. The molecule has 208 valence electrons. The van der Waals surface area contributed by atoms with Gasteiger partial charge >= 0.3 is 0 Å². The minimum absolute atomic E-state index is 0.244. The highest BCUT2D eigenvalue weighted by Gasteiger charge is 2.24.